The zero-order chi connectivity index (χ0) is 24.8. The van der Waals surface area contributed by atoms with Gasteiger partial charge in [0.2, 0.25) is 5.91 Å². The minimum absolute atomic E-state index is 0.0213. The molecule has 0 aromatic heterocycles. The molecule has 1 amide bonds. The lowest BCUT2D eigenvalue weighted by atomic mass is 10.1. The Labute approximate surface area is 196 Å². The summed E-state index contributed by atoms with van der Waals surface area (Å²) in [5.74, 6) is -0.418. The molecule has 0 spiro atoms. The fourth-order valence-electron chi connectivity index (χ4n) is 3.20. The zero-order valence-corrected chi connectivity index (χ0v) is 19.1. The summed E-state index contributed by atoms with van der Waals surface area (Å²) in [5, 5.41) is 2.50. The predicted molar refractivity (Wildman–Crippen MR) is 122 cm³/mol. The molecule has 6 nitrogen and oxygen atoms in total. The fraction of sp³-hybridized carbons (Fsp3) is 0.208. The van der Waals surface area contributed by atoms with Crippen molar-refractivity contribution in [3.63, 3.8) is 0 Å². The normalized spacial score (nSPS) is 11.6. The van der Waals surface area contributed by atoms with Gasteiger partial charge in [0, 0.05) is 6.54 Å². The molecule has 0 unspecified atom stereocenters. The lowest BCUT2D eigenvalue weighted by molar-refractivity contribution is -0.137. The number of amides is 1. The summed E-state index contributed by atoms with van der Waals surface area (Å²) in [6.07, 6.45) is -4.51. The first-order valence-electron chi connectivity index (χ1n) is 10.4. The maximum Gasteiger partial charge on any atom is 0.416 e. The first kappa shape index (κ1) is 25.1. The molecule has 180 valence electrons. The second-order valence-corrected chi connectivity index (χ2v) is 9.06. The number of carbonyl (C=O) groups is 1. The number of rotatable bonds is 9. The summed E-state index contributed by atoms with van der Waals surface area (Å²) >= 11 is 0. The van der Waals surface area contributed by atoms with Crippen molar-refractivity contribution >= 4 is 21.6 Å². The Morgan fingerprint density at radius 2 is 1.65 bits per heavy atom. The third-order valence-corrected chi connectivity index (χ3v) is 6.57. The quantitative estimate of drug-likeness (QED) is 0.473. The van der Waals surface area contributed by atoms with Gasteiger partial charge in [-0.2, -0.15) is 13.2 Å². The zero-order valence-electron chi connectivity index (χ0n) is 18.2. The van der Waals surface area contributed by atoms with Gasteiger partial charge in [-0.1, -0.05) is 42.5 Å². The molecule has 0 aliphatic carbocycles. The summed E-state index contributed by atoms with van der Waals surface area (Å²) in [5.41, 5.74) is -0.434. The van der Waals surface area contributed by atoms with Crippen molar-refractivity contribution in [2.45, 2.75) is 24.5 Å². The number of sulfonamides is 1. The van der Waals surface area contributed by atoms with Crippen LogP contribution < -0.4 is 14.4 Å². The number of para-hydroxylation sites is 2. The molecular weight excluding hydrogens is 469 g/mol. The van der Waals surface area contributed by atoms with E-state index >= 15 is 0 Å². The lowest BCUT2D eigenvalue weighted by Gasteiger charge is -2.26. The Morgan fingerprint density at radius 3 is 2.32 bits per heavy atom. The highest BCUT2D eigenvalue weighted by Gasteiger charge is 2.31. The summed E-state index contributed by atoms with van der Waals surface area (Å²) in [4.78, 5) is 12.7. The number of hydrogen-bond donors (Lipinski definition) is 1. The minimum Gasteiger partial charge on any atom is -0.492 e. The van der Waals surface area contributed by atoms with Crippen LogP contribution in [0.15, 0.2) is 83.8 Å². The maximum absolute atomic E-state index is 13.4. The van der Waals surface area contributed by atoms with Crippen LogP contribution in [-0.4, -0.2) is 27.5 Å². The second-order valence-electron chi connectivity index (χ2n) is 7.20. The number of nitrogens with zero attached hydrogens (tertiary/aromatic N) is 1. The van der Waals surface area contributed by atoms with E-state index in [1.807, 2.05) is 0 Å². The van der Waals surface area contributed by atoms with Crippen molar-refractivity contribution in [2.24, 2.45) is 0 Å². The highest BCUT2D eigenvalue weighted by Crippen LogP contribution is 2.32. The summed E-state index contributed by atoms with van der Waals surface area (Å²) in [6.45, 7) is 1.22. The van der Waals surface area contributed by atoms with Crippen LogP contribution in [0.4, 0.5) is 18.9 Å². The lowest BCUT2D eigenvalue weighted by Crippen LogP contribution is -2.40. The van der Waals surface area contributed by atoms with E-state index in [-0.39, 0.29) is 35.0 Å². The number of anilines is 1. The smallest absolute Gasteiger partial charge is 0.416 e. The molecule has 0 aliphatic heterocycles. The van der Waals surface area contributed by atoms with Crippen LogP contribution in [0.3, 0.4) is 0 Å². The van der Waals surface area contributed by atoms with Crippen LogP contribution in [0, 0.1) is 0 Å². The molecule has 0 aliphatic rings. The molecule has 0 saturated heterocycles. The van der Waals surface area contributed by atoms with Crippen LogP contribution in [0.1, 0.15) is 18.1 Å². The van der Waals surface area contributed by atoms with Crippen molar-refractivity contribution in [3.8, 4) is 5.75 Å². The third kappa shape index (κ3) is 6.07. The molecule has 0 bridgehead atoms. The largest absolute Gasteiger partial charge is 0.492 e. The number of carbonyl (C=O) groups excluding carboxylic acids is 1. The van der Waals surface area contributed by atoms with Gasteiger partial charge in [0.05, 0.1) is 22.8 Å². The average Bonchev–Trinajstić information content (AvgIpc) is 2.82. The number of halogens is 3. The molecule has 0 atom stereocenters. The van der Waals surface area contributed by atoms with Crippen molar-refractivity contribution in [2.75, 3.05) is 17.5 Å². The number of benzene rings is 3. The van der Waals surface area contributed by atoms with Gasteiger partial charge in [0.15, 0.2) is 0 Å². The molecule has 34 heavy (non-hydrogen) atoms. The van der Waals surface area contributed by atoms with Gasteiger partial charge in [0.1, 0.15) is 12.3 Å². The predicted octanol–water partition coefficient (Wildman–Crippen LogP) is 4.62. The van der Waals surface area contributed by atoms with Gasteiger partial charge in [-0.3, -0.25) is 9.10 Å². The van der Waals surface area contributed by atoms with Gasteiger partial charge in [-0.15, -0.1) is 0 Å². The van der Waals surface area contributed by atoms with Crippen molar-refractivity contribution < 1.29 is 31.1 Å². The van der Waals surface area contributed by atoms with E-state index < -0.39 is 34.2 Å². The standard InChI is InChI=1S/C24H23F3N2O4S/c1-2-33-22-14-7-6-13-21(22)29(34(31,32)20-11-4-3-5-12-20)17-23(30)28-16-18-9-8-10-19(15-18)24(25,26)27/h3-15H,2,16-17H2,1H3,(H,28,30). The van der Waals surface area contributed by atoms with E-state index in [2.05, 4.69) is 5.32 Å². The van der Waals surface area contributed by atoms with E-state index in [9.17, 15) is 26.4 Å². The molecule has 0 heterocycles. The SMILES string of the molecule is CCOc1ccccc1N(CC(=O)NCc1cccc(C(F)(F)F)c1)S(=O)(=O)c1ccccc1. The maximum atomic E-state index is 13.4. The van der Waals surface area contributed by atoms with Gasteiger partial charge in [-0.25, -0.2) is 8.42 Å². The summed E-state index contributed by atoms with van der Waals surface area (Å²) in [7, 11) is -4.16. The Hall–Kier alpha value is -3.53. The molecule has 3 rings (SSSR count). The fourth-order valence-corrected chi connectivity index (χ4v) is 4.66. The van der Waals surface area contributed by atoms with Gasteiger partial charge in [0.25, 0.3) is 10.0 Å². The first-order valence-corrected chi connectivity index (χ1v) is 11.8. The summed E-state index contributed by atoms with van der Waals surface area (Å²) < 4.78 is 72.2. The molecular formula is C24H23F3N2O4S. The molecule has 3 aromatic rings. The van der Waals surface area contributed by atoms with Crippen molar-refractivity contribution in [1.82, 2.24) is 5.32 Å². The van der Waals surface area contributed by atoms with Crippen LogP contribution >= 0.6 is 0 Å². The molecule has 0 saturated carbocycles. The first-order chi connectivity index (χ1) is 16.1. The molecule has 0 radical (unpaired) electrons. The van der Waals surface area contributed by atoms with E-state index in [1.54, 1.807) is 43.3 Å². The Kier molecular flexibility index (Phi) is 7.83. The van der Waals surface area contributed by atoms with E-state index in [0.717, 1.165) is 16.4 Å². The number of alkyl halides is 3. The Bertz CT molecular complexity index is 1230. The van der Waals surface area contributed by atoms with Crippen LogP contribution in [-0.2, 0) is 27.5 Å². The monoisotopic (exact) mass is 492 g/mol. The van der Waals surface area contributed by atoms with E-state index in [4.69, 9.17) is 4.74 Å². The van der Waals surface area contributed by atoms with Crippen molar-refractivity contribution in [3.05, 3.63) is 90.0 Å². The Morgan fingerprint density at radius 1 is 0.971 bits per heavy atom. The molecule has 1 N–H and O–H groups in total. The van der Waals surface area contributed by atoms with Gasteiger partial charge in [-0.05, 0) is 48.9 Å². The van der Waals surface area contributed by atoms with Crippen LogP contribution in [0.5, 0.6) is 5.75 Å². The van der Waals surface area contributed by atoms with E-state index in [1.165, 1.54) is 30.3 Å². The number of ether oxygens (including phenoxy) is 1. The average molecular weight is 493 g/mol. The molecule has 10 heteroatoms. The second kappa shape index (κ2) is 10.6. The number of nitrogens with one attached hydrogen (secondary N) is 1. The number of hydrogen-bond acceptors (Lipinski definition) is 4. The third-order valence-electron chi connectivity index (χ3n) is 4.80. The molecule has 3 aromatic carbocycles. The van der Waals surface area contributed by atoms with Crippen molar-refractivity contribution in [1.29, 1.82) is 0 Å². The Balaban J connectivity index is 1.87. The highest BCUT2D eigenvalue weighted by molar-refractivity contribution is 7.92. The van der Waals surface area contributed by atoms with Gasteiger partial charge < -0.3 is 10.1 Å². The minimum atomic E-state index is -4.51. The molecule has 0 fully saturated rings. The summed E-state index contributed by atoms with van der Waals surface area (Å²) in [6, 6.07) is 18.6. The van der Waals surface area contributed by atoms with E-state index in [0.29, 0.717) is 0 Å². The van der Waals surface area contributed by atoms with Gasteiger partial charge >= 0.3 is 6.18 Å². The van der Waals surface area contributed by atoms with Crippen LogP contribution in [0.25, 0.3) is 0 Å². The topological polar surface area (TPSA) is 75.7 Å². The van der Waals surface area contributed by atoms with Crippen LogP contribution in [0.2, 0.25) is 0 Å². The highest BCUT2D eigenvalue weighted by atomic mass is 32.2.